The summed E-state index contributed by atoms with van der Waals surface area (Å²) >= 11 is 0. The van der Waals surface area contributed by atoms with Crippen molar-refractivity contribution in [3.63, 3.8) is 0 Å². The van der Waals surface area contributed by atoms with E-state index in [1.54, 1.807) is 0 Å². The standard InChI is InChI=1S/C8H15N3O/c12-8-6-10-5-7-4-9-2-1-3-11(7)8/h7,9-10H,1-6H2. The van der Waals surface area contributed by atoms with E-state index in [0.717, 1.165) is 32.6 Å². The summed E-state index contributed by atoms with van der Waals surface area (Å²) in [6.45, 7) is 4.38. The second kappa shape index (κ2) is 3.41. The van der Waals surface area contributed by atoms with Gasteiger partial charge in [-0.05, 0) is 13.0 Å². The molecule has 0 aromatic carbocycles. The van der Waals surface area contributed by atoms with Gasteiger partial charge in [-0.1, -0.05) is 0 Å². The molecule has 1 unspecified atom stereocenters. The summed E-state index contributed by atoms with van der Waals surface area (Å²) in [6.07, 6.45) is 1.09. The fraction of sp³-hybridized carbons (Fsp3) is 0.875. The van der Waals surface area contributed by atoms with Gasteiger partial charge in [0.05, 0.1) is 12.6 Å². The van der Waals surface area contributed by atoms with Crippen LogP contribution in [0.3, 0.4) is 0 Å². The highest BCUT2D eigenvalue weighted by atomic mass is 16.2. The van der Waals surface area contributed by atoms with Crippen molar-refractivity contribution >= 4 is 5.91 Å². The van der Waals surface area contributed by atoms with Crippen molar-refractivity contribution in [1.29, 1.82) is 0 Å². The number of nitrogens with zero attached hydrogens (tertiary/aromatic N) is 1. The Labute approximate surface area is 72.3 Å². The normalized spacial score (nSPS) is 31.2. The Kier molecular flexibility index (Phi) is 2.28. The molecule has 2 N–H and O–H groups in total. The van der Waals surface area contributed by atoms with Crippen molar-refractivity contribution in [1.82, 2.24) is 15.5 Å². The molecule has 1 amide bonds. The number of amides is 1. The van der Waals surface area contributed by atoms with Crippen LogP contribution >= 0.6 is 0 Å². The Morgan fingerprint density at radius 2 is 2.17 bits per heavy atom. The van der Waals surface area contributed by atoms with Gasteiger partial charge in [0.15, 0.2) is 0 Å². The van der Waals surface area contributed by atoms with Crippen LogP contribution in [-0.2, 0) is 4.79 Å². The summed E-state index contributed by atoms with van der Waals surface area (Å²) in [4.78, 5) is 13.4. The molecule has 2 saturated heterocycles. The number of piperazine rings is 1. The van der Waals surface area contributed by atoms with Crippen LogP contribution in [0.5, 0.6) is 0 Å². The number of hydrogen-bond donors (Lipinski definition) is 2. The Balaban J connectivity index is 2.05. The maximum atomic E-state index is 11.4. The number of hydrogen-bond acceptors (Lipinski definition) is 3. The largest absolute Gasteiger partial charge is 0.336 e. The first-order valence-corrected chi connectivity index (χ1v) is 4.59. The lowest BCUT2D eigenvalue weighted by Gasteiger charge is -2.34. The van der Waals surface area contributed by atoms with Crippen molar-refractivity contribution in [2.75, 3.05) is 32.7 Å². The molecule has 0 saturated carbocycles. The molecule has 2 fully saturated rings. The average Bonchev–Trinajstić information content (AvgIpc) is 2.30. The lowest BCUT2D eigenvalue weighted by Crippen LogP contribution is -2.56. The van der Waals surface area contributed by atoms with Crippen LogP contribution in [0.2, 0.25) is 0 Å². The van der Waals surface area contributed by atoms with E-state index in [2.05, 4.69) is 10.6 Å². The zero-order valence-corrected chi connectivity index (χ0v) is 7.18. The van der Waals surface area contributed by atoms with Gasteiger partial charge in [-0.2, -0.15) is 0 Å². The molecule has 1 atom stereocenters. The molecule has 0 bridgehead atoms. The maximum absolute atomic E-state index is 11.4. The van der Waals surface area contributed by atoms with Gasteiger partial charge in [-0.25, -0.2) is 0 Å². The first-order valence-electron chi connectivity index (χ1n) is 4.59. The second-order valence-electron chi connectivity index (χ2n) is 3.43. The van der Waals surface area contributed by atoms with E-state index in [0.29, 0.717) is 12.6 Å². The topological polar surface area (TPSA) is 44.4 Å². The predicted octanol–water partition coefficient (Wildman–Crippen LogP) is -1.22. The third kappa shape index (κ3) is 1.44. The Hall–Kier alpha value is -0.610. The second-order valence-corrected chi connectivity index (χ2v) is 3.43. The lowest BCUT2D eigenvalue weighted by molar-refractivity contribution is -0.134. The summed E-state index contributed by atoms with van der Waals surface area (Å²) < 4.78 is 0. The zero-order valence-electron chi connectivity index (χ0n) is 7.18. The van der Waals surface area contributed by atoms with Gasteiger partial charge < -0.3 is 15.5 Å². The van der Waals surface area contributed by atoms with E-state index >= 15 is 0 Å². The molecular formula is C8H15N3O. The monoisotopic (exact) mass is 169 g/mol. The molecule has 4 nitrogen and oxygen atoms in total. The van der Waals surface area contributed by atoms with Crippen LogP contribution in [0, 0.1) is 0 Å². The van der Waals surface area contributed by atoms with Crippen LogP contribution in [-0.4, -0.2) is 49.6 Å². The SMILES string of the molecule is O=C1CNCC2CNCCCN12. The maximum Gasteiger partial charge on any atom is 0.236 e. The van der Waals surface area contributed by atoms with E-state index in [4.69, 9.17) is 0 Å². The summed E-state index contributed by atoms with van der Waals surface area (Å²) in [5.74, 6) is 0.259. The van der Waals surface area contributed by atoms with Gasteiger partial charge in [0.2, 0.25) is 5.91 Å². The summed E-state index contributed by atoms with van der Waals surface area (Å²) in [7, 11) is 0. The van der Waals surface area contributed by atoms with E-state index in [-0.39, 0.29) is 5.91 Å². The van der Waals surface area contributed by atoms with Crippen LogP contribution in [0.25, 0.3) is 0 Å². The molecule has 12 heavy (non-hydrogen) atoms. The van der Waals surface area contributed by atoms with Gasteiger partial charge in [-0.15, -0.1) is 0 Å². The highest BCUT2D eigenvalue weighted by Crippen LogP contribution is 2.06. The van der Waals surface area contributed by atoms with E-state index in [9.17, 15) is 4.79 Å². The molecule has 2 aliphatic heterocycles. The number of carbonyl (C=O) groups excluding carboxylic acids is 1. The molecule has 0 aromatic rings. The number of nitrogens with one attached hydrogen (secondary N) is 2. The zero-order chi connectivity index (χ0) is 8.39. The fourth-order valence-corrected chi connectivity index (χ4v) is 1.89. The van der Waals surface area contributed by atoms with Crippen LogP contribution in [0.1, 0.15) is 6.42 Å². The molecule has 2 aliphatic rings. The minimum Gasteiger partial charge on any atom is -0.336 e. The van der Waals surface area contributed by atoms with Gasteiger partial charge in [0, 0.05) is 19.6 Å². The van der Waals surface area contributed by atoms with Gasteiger partial charge >= 0.3 is 0 Å². The van der Waals surface area contributed by atoms with Crippen molar-refractivity contribution in [3.8, 4) is 0 Å². The van der Waals surface area contributed by atoms with E-state index in [1.165, 1.54) is 0 Å². The third-order valence-electron chi connectivity index (χ3n) is 2.55. The molecule has 4 heteroatoms. The quantitative estimate of drug-likeness (QED) is 0.478. The molecule has 2 rings (SSSR count). The van der Waals surface area contributed by atoms with Crippen LogP contribution < -0.4 is 10.6 Å². The molecule has 2 heterocycles. The minimum absolute atomic E-state index is 0.259. The Morgan fingerprint density at radius 3 is 3.08 bits per heavy atom. The Morgan fingerprint density at radius 1 is 1.33 bits per heavy atom. The average molecular weight is 169 g/mol. The van der Waals surface area contributed by atoms with E-state index < -0.39 is 0 Å². The summed E-state index contributed by atoms with van der Waals surface area (Å²) in [5.41, 5.74) is 0. The van der Waals surface area contributed by atoms with Crippen molar-refractivity contribution in [2.24, 2.45) is 0 Å². The molecule has 0 spiro atoms. The third-order valence-corrected chi connectivity index (χ3v) is 2.55. The Bertz CT molecular complexity index is 183. The van der Waals surface area contributed by atoms with Gasteiger partial charge in [-0.3, -0.25) is 4.79 Å². The number of carbonyl (C=O) groups is 1. The molecule has 0 aromatic heterocycles. The summed E-state index contributed by atoms with van der Waals surface area (Å²) in [6, 6.07) is 0.383. The molecule has 0 aliphatic carbocycles. The summed E-state index contributed by atoms with van der Waals surface area (Å²) in [5, 5.41) is 6.46. The lowest BCUT2D eigenvalue weighted by atomic mass is 10.2. The smallest absolute Gasteiger partial charge is 0.236 e. The van der Waals surface area contributed by atoms with Crippen LogP contribution in [0.4, 0.5) is 0 Å². The predicted molar refractivity (Wildman–Crippen MR) is 45.9 cm³/mol. The first-order chi connectivity index (χ1) is 5.88. The molecule has 68 valence electrons. The fourth-order valence-electron chi connectivity index (χ4n) is 1.89. The number of fused-ring (bicyclic) bond motifs is 1. The van der Waals surface area contributed by atoms with Gasteiger partial charge in [0.25, 0.3) is 0 Å². The molecular weight excluding hydrogens is 154 g/mol. The molecule has 0 radical (unpaired) electrons. The van der Waals surface area contributed by atoms with Crippen LogP contribution in [0.15, 0.2) is 0 Å². The highest BCUT2D eigenvalue weighted by molar-refractivity contribution is 5.79. The van der Waals surface area contributed by atoms with Gasteiger partial charge in [0.1, 0.15) is 0 Å². The van der Waals surface area contributed by atoms with Crippen molar-refractivity contribution in [3.05, 3.63) is 0 Å². The highest BCUT2D eigenvalue weighted by Gasteiger charge is 2.28. The van der Waals surface area contributed by atoms with Crippen molar-refractivity contribution in [2.45, 2.75) is 12.5 Å². The van der Waals surface area contributed by atoms with E-state index in [1.807, 2.05) is 4.90 Å². The number of rotatable bonds is 0. The first kappa shape index (κ1) is 8.01. The minimum atomic E-state index is 0.259. The van der Waals surface area contributed by atoms with Crippen molar-refractivity contribution < 1.29 is 4.79 Å².